The van der Waals surface area contributed by atoms with E-state index in [0.29, 0.717) is 31.9 Å². The second-order valence-corrected chi connectivity index (χ2v) is 8.18. The third-order valence-electron chi connectivity index (χ3n) is 3.82. The summed E-state index contributed by atoms with van der Waals surface area (Å²) >= 11 is 21.2. The van der Waals surface area contributed by atoms with E-state index in [1.807, 2.05) is 26.0 Å². The van der Waals surface area contributed by atoms with Crippen LogP contribution in [0.4, 0.5) is 0 Å². The zero-order valence-corrected chi connectivity index (χ0v) is 17.3. The van der Waals surface area contributed by atoms with Crippen LogP contribution in [0.2, 0.25) is 10.0 Å². The lowest BCUT2D eigenvalue weighted by Gasteiger charge is -2.29. The molecule has 0 N–H and O–H groups in total. The van der Waals surface area contributed by atoms with Gasteiger partial charge in [-0.25, -0.2) is 0 Å². The quantitative estimate of drug-likeness (QED) is 0.539. The molecule has 3 nitrogen and oxygen atoms in total. The van der Waals surface area contributed by atoms with Gasteiger partial charge >= 0.3 is 0 Å². The van der Waals surface area contributed by atoms with Gasteiger partial charge < -0.3 is 0 Å². The van der Waals surface area contributed by atoms with Gasteiger partial charge in [-0.1, -0.05) is 51.3 Å². The van der Waals surface area contributed by atoms with Crippen LogP contribution in [-0.2, 0) is 0 Å². The monoisotopic (exact) mass is 454 g/mol. The van der Waals surface area contributed by atoms with E-state index in [1.54, 1.807) is 30.3 Å². The Balaban J connectivity index is 2.00. The van der Waals surface area contributed by atoms with Crippen molar-refractivity contribution in [3.8, 4) is 0 Å². The molecule has 1 aliphatic rings. The summed E-state index contributed by atoms with van der Waals surface area (Å²) in [5, 5.41) is 0.975. The molecule has 128 valence electrons. The molecule has 0 spiro atoms. The Kier molecular flexibility index (Phi) is 5.04. The predicted molar refractivity (Wildman–Crippen MR) is 110 cm³/mol. The van der Waals surface area contributed by atoms with Crippen LogP contribution < -0.4 is 0 Å². The van der Waals surface area contributed by atoms with Gasteiger partial charge in [0.05, 0.1) is 5.02 Å². The summed E-state index contributed by atoms with van der Waals surface area (Å²) in [4.78, 5) is 19.5. The minimum Gasteiger partial charge on any atom is -0.272 e. The number of thiocarbonyl (C=S) groups is 1. The van der Waals surface area contributed by atoms with Gasteiger partial charge in [0, 0.05) is 20.6 Å². The molecule has 0 radical (unpaired) electrons. The molecule has 1 heterocycles. The lowest BCUT2D eigenvalue weighted by atomic mass is 10.1. The third kappa shape index (κ3) is 3.51. The predicted octanol–water partition coefficient (Wildman–Crippen LogP) is 5.76. The number of amides is 1. The molecule has 7 heteroatoms. The summed E-state index contributed by atoms with van der Waals surface area (Å²) in [5.74, 6) is -0.202. The fraction of sp³-hybridized carbons (Fsp3) is 0.167. The van der Waals surface area contributed by atoms with E-state index < -0.39 is 5.66 Å². The number of nitrogens with zero attached hydrogens (tertiary/aromatic N) is 2. The van der Waals surface area contributed by atoms with E-state index in [1.165, 1.54) is 4.90 Å². The number of hydrogen-bond donors (Lipinski definition) is 0. The smallest absolute Gasteiger partial charge is 0.260 e. The lowest BCUT2D eigenvalue weighted by molar-refractivity contribution is 0.0758. The van der Waals surface area contributed by atoms with E-state index in [-0.39, 0.29) is 5.91 Å². The van der Waals surface area contributed by atoms with E-state index in [4.69, 9.17) is 35.4 Å². The Morgan fingerprint density at radius 2 is 1.80 bits per heavy atom. The largest absolute Gasteiger partial charge is 0.272 e. The summed E-state index contributed by atoms with van der Waals surface area (Å²) in [5.41, 5.74) is 0.916. The summed E-state index contributed by atoms with van der Waals surface area (Å²) in [6, 6.07) is 12.3. The highest BCUT2D eigenvalue weighted by atomic mass is 79.9. The summed E-state index contributed by atoms with van der Waals surface area (Å²) in [6.07, 6.45) is 0. The molecule has 0 fully saturated rings. The molecule has 0 aliphatic carbocycles. The van der Waals surface area contributed by atoms with Crippen molar-refractivity contribution in [2.45, 2.75) is 19.5 Å². The Hall–Kier alpha value is -1.27. The van der Waals surface area contributed by atoms with E-state index in [0.717, 1.165) is 4.47 Å². The average Bonchev–Trinajstić information content (AvgIpc) is 2.77. The fourth-order valence-corrected chi connectivity index (χ4v) is 3.87. The van der Waals surface area contributed by atoms with Crippen molar-refractivity contribution in [3.05, 3.63) is 68.1 Å². The minimum atomic E-state index is -0.806. The zero-order valence-electron chi connectivity index (χ0n) is 13.4. The average molecular weight is 456 g/mol. The fourth-order valence-electron chi connectivity index (χ4n) is 2.65. The van der Waals surface area contributed by atoms with Crippen molar-refractivity contribution in [2.75, 3.05) is 0 Å². The summed E-state index contributed by atoms with van der Waals surface area (Å²) < 4.78 is 0.900. The molecule has 0 saturated carbocycles. The molecule has 0 bridgehead atoms. The number of carbonyl (C=O) groups is 1. The van der Waals surface area contributed by atoms with Gasteiger partial charge in [-0.2, -0.15) is 0 Å². The molecule has 0 saturated heterocycles. The molecule has 1 aliphatic heterocycles. The number of aliphatic imine (C=N–C) groups is 1. The molecular weight excluding hydrogens is 443 g/mol. The highest BCUT2D eigenvalue weighted by Crippen LogP contribution is 2.32. The SMILES string of the molecule is CC1(C)N=C(c2ccc(Cl)cc2Cl)C(=S)N1C(=O)c1ccc(Br)cc1. The number of halogens is 3. The molecular formula is C18H13BrCl2N2OS. The van der Waals surface area contributed by atoms with Crippen LogP contribution in [0.25, 0.3) is 0 Å². The summed E-state index contributed by atoms with van der Waals surface area (Å²) in [6.45, 7) is 3.68. The van der Waals surface area contributed by atoms with E-state index in [2.05, 4.69) is 20.9 Å². The van der Waals surface area contributed by atoms with E-state index >= 15 is 0 Å². The molecule has 0 atom stereocenters. The van der Waals surface area contributed by atoms with Crippen molar-refractivity contribution < 1.29 is 4.79 Å². The topological polar surface area (TPSA) is 32.7 Å². The Morgan fingerprint density at radius 3 is 2.40 bits per heavy atom. The van der Waals surface area contributed by atoms with Crippen molar-refractivity contribution in [1.29, 1.82) is 0 Å². The van der Waals surface area contributed by atoms with Gasteiger partial charge in [0.15, 0.2) is 0 Å². The molecule has 2 aromatic rings. The van der Waals surface area contributed by atoms with Crippen LogP contribution in [0.5, 0.6) is 0 Å². The van der Waals surface area contributed by atoms with Crippen LogP contribution >= 0.6 is 51.3 Å². The highest BCUT2D eigenvalue weighted by Gasteiger charge is 2.42. The normalized spacial score (nSPS) is 16.1. The number of benzene rings is 2. The van der Waals surface area contributed by atoms with E-state index in [9.17, 15) is 4.79 Å². The first-order valence-corrected chi connectivity index (χ1v) is 9.36. The Morgan fingerprint density at radius 1 is 1.16 bits per heavy atom. The van der Waals surface area contributed by atoms with Crippen LogP contribution in [0, 0.1) is 0 Å². The van der Waals surface area contributed by atoms with Crippen LogP contribution in [0.1, 0.15) is 29.8 Å². The van der Waals surface area contributed by atoms with Gasteiger partial charge in [-0.15, -0.1) is 0 Å². The van der Waals surface area contributed by atoms with Crippen molar-refractivity contribution >= 4 is 68.0 Å². The standard InChI is InChI=1S/C18H13BrCl2N2OS/c1-18(2)22-15(13-8-7-12(20)9-14(13)21)17(25)23(18)16(24)10-3-5-11(19)6-4-10/h3-9H,1-2H3. The molecule has 25 heavy (non-hydrogen) atoms. The highest BCUT2D eigenvalue weighted by molar-refractivity contribution is 9.10. The van der Waals surface area contributed by atoms with Crippen molar-refractivity contribution in [2.24, 2.45) is 4.99 Å². The lowest BCUT2D eigenvalue weighted by Crippen LogP contribution is -2.46. The van der Waals surface area contributed by atoms with Crippen molar-refractivity contribution in [3.63, 3.8) is 0 Å². The maximum atomic E-state index is 13.0. The Labute approximate surface area is 169 Å². The first-order chi connectivity index (χ1) is 11.7. The van der Waals surface area contributed by atoms with Gasteiger partial charge in [0.25, 0.3) is 5.91 Å². The van der Waals surface area contributed by atoms with Crippen LogP contribution in [-0.4, -0.2) is 27.2 Å². The van der Waals surface area contributed by atoms with Gasteiger partial charge in [0.2, 0.25) is 0 Å². The number of rotatable bonds is 2. The number of carbonyl (C=O) groups excluding carboxylic acids is 1. The minimum absolute atomic E-state index is 0.202. The molecule has 0 unspecified atom stereocenters. The maximum Gasteiger partial charge on any atom is 0.260 e. The van der Waals surface area contributed by atoms with Crippen molar-refractivity contribution in [1.82, 2.24) is 4.90 Å². The summed E-state index contributed by atoms with van der Waals surface area (Å²) in [7, 11) is 0. The molecule has 1 amide bonds. The second kappa shape index (κ2) is 6.80. The first-order valence-electron chi connectivity index (χ1n) is 7.40. The van der Waals surface area contributed by atoms with Gasteiger partial charge in [-0.05, 0) is 56.3 Å². The van der Waals surface area contributed by atoms with Gasteiger partial charge in [-0.3, -0.25) is 14.7 Å². The zero-order chi connectivity index (χ0) is 18.4. The molecule has 2 aromatic carbocycles. The molecule has 0 aromatic heterocycles. The van der Waals surface area contributed by atoms with Crippen LogP contribution in [0.3, 0.4) is 0 Å². The maximum absolute atomic E-state index is 13.0. The van der Waals surface area contributed by atoms with Crippen LogP contribution in [0.15, 0.2) is 51.9 Å². The van der Waals surface area contributed by atoms with Gasteiger partial charge in [0.1, 0.15) is 16.4 Å². The number of hydrogen-bond acceptors (Lipinski definition) is 3. The molecule has 3 rings (SSSR count). The third-order valence-corrected chi connectivity index (χ3v) is 5.27. The Bertz CT molecular complexity index is 910. The first kappa shape index (κ1) is 18.5. The second-order valence-electron chi connectivity index (χ2n) is 6.03.